The van der Waals surface area contributed by atoms with Gasteiger partial charge in [-0.25, -0.2) is 0 Å². The summed E-state index contributed by atoms with van der Waals surface area (Å²) in [6, 6.07) is 0. The number of carbonyl (C=O) groups is 1. The van der Waals surface area contributed by atoms with Gasteiger partial charge in [0.05, 0.1) is 5.60 Å². The van der Waals surface area contributed by atoms with E-state index in [9.17, 15) is 9.90 Å². The molecule has 0 heterocycles. The minimum Gasteiger partial charge on any atom is -0.390 e. The van der Waals surface area contributed by atoms with Gasteiger partial charge in [-0.3, -0.25) is 4.79 Å². The molecule has 4 aliphatic rings. The zero-order valence-electron chi connectivity index (χ0n) is 18.2. The van der Waals surface area contributed by atoms with Crippen LogP contribution in [-0.2, 0) is 4.79 Å². The normalized spacial score (nSPS) is 45.7. The Hall–Kier alpha value is -0.370. The topological polar surface area (TPSA) is 37.3 Å². The van der Waals surface area contributed by atoms with Crippen LogP contribution in [0, 0.1) is 46.8 Å². The van der Waals surface area contributed by atoms with Crippen molar-refractivity contribution >= 4 is 5.78 Å². The second kappa shape index (κ2) is 7.15. The van der Waals surface area contributed by atoms with Crippen LogP contribution in [0.4, 0.5) is 0 Å². The third kappa shape index (κ3) is 3.65. The van der Waals surface area contributed by atoms with Crippen LogP contribution in [-0.4, -0.2) is 16.5 Å². The summed E-state index contributed by atoms with van der Waals surface area (Å²) in [6.45, 7) is 9.00. The molecule has 8 unspecified atom stereocenters. The predicted molar refractivity (Wildman–Crippen MR) is 110 cm³/mol. The van der Waals surface area contributed by atoms with Crippen molar-refractivity contribution in [2.45, 2.75) is 104 Å². The van der Waals surface area contributed by atoms with E-state index in [1.807, 2.05) is 13.8 Å². The van der Waals surface area contributed by atoms with Crippen molar-refractivity contribution in [3.63, 3.8) is 0 Å². The van der Waals surface area contributed by atoms with Crippen LogP contribution in [0.2, 0.25) is 0 Å². The first-order valence-electron chi connectivity index (χ1n) is 11.9. The van der Waals surface area contributed by atoms with Gasteiger partial charge in [-0.1, -0.05) is 13.8 Å². The highest BCUT2D eigenvalue weighted by Gasteiger charge is 2.57. The summed E-state index contributed by atoms with van der Waals surface area (Å²) in [4.78, 5) is 11.9. The van der Waals surface area contributed by atoms with Crippen LogP contribution in [0.15, 0.2) is 0 Å². The van der Waals surface area contributed by atoms with Gasteiger partial charge in [0.15, 0.2) is 0 Å². The number of hydrogen-bond donors (Lipinski definition) is 1. The van der Waals surface area contributed by atoms with Gasteiger partial charge in [0.25, 0.3) is 0 Å². The van der Waals surface area contributed by atoms with Gasteiger partial charge in [0, 0.05) is 12.8 Å². The van der Waals surface area contributed by atoms with Crippen LogP contribution in [0.25, 0.3) is 0 Å². The molecule has 0 aromatic rings. The summed E-state index contributed by atoms with van der Waals surface area (Å²) in [5.41, 5.74) is -0.000859. The lowest BCUT2D eigenvalue weighted by molar-refractivity contribution is -0.127. The van der Waals surface area contributed by atoms with Gasteiger partial charge in [-0.15, -0.1) is 0 Å². The lowest BCUT2D eigenvalue weighted by atomic mass is 9.49. The van der Waals surface area contributed by atoms with Gasteiger partial charge in [-0.2, -0.15) is 0 Å². The maximum absolute atomic E-state index is 11.9. The smallest absolute Gasteiger partial charge is 0.133 e. The highest BCUT2D eigenvalue weighted by molar-refractivity contribution is 5.79. The molecule has 2 nitrogen and oxygen atoms in total. The number of aliphatic hydroxyl groups is 1. The van der Waals surface area contributed by atoms with Crippen molar-refractivity contribution in [3.05, 3.63) is 0 Å². The summed E-state index contributed by atoms with van der Waals surface area (Å²) >= 11 is 0. The van der Waals surface area contributed by atoms with Crippen LogP contribution in [0.1, 0.15) is 98.3 Å². The van der Waals surface area contributed by atoms with Gasteiger partial charge in [-0.05, 0) is 118 Å². The summed E-state index contributed by atoms with van der Waals surface area (Å²) in [6.07, 6.45) is 13.4. The maximum atomic E-state index is 11.9. The fraction of sp³-hybridized carbons (Fsp3) is 0.960. The van der Waals surface area contributed by atoms with E-state index in [-0.39, 0.29) is 0 Å². The molecule has 0 radical (unpaired) electrons. The molecule has 4 fully saturated rings. The van der Waals surface area contributed by atoms with Gasteiger partial charge < -0.3 is 5.11 Å². The predicted octanol–water partition coefficient (Wildman–Crippen LogP) is 6.01. The Labute approximate surface area is 166 Å². The molecule has 8 atom stereocenters. The molecular weight excluding hydrogens is 332 g/mol. The first kappa shape index (κ1) is 19.9. The Morgan fingerprint density at radius 3 is 2.59 bits per heavy atom. The van der Waals surface area contributed by atoms with Crippen LogP contribution < -0.4 is 0 Å². The standard InChI is InChI=1S/C25H42O2/c1-16(11-13-24(2,3)27)22-9-10-23-21-7-5-17-15-18(26)6-8-19(17)20(21)12-14-25(22,23)4/h16-17,19-23,27H,5-15H2,1-4H3. The number of hydrogen-bond acceptors (Lipinski definition) is 2. The van der Waals surface area contributed by atoms with Crippen molar-refractivity contribution in [2.24, 2.45) is 46.8 Å². The zero-order valence-corrected chi connectivity index (χ0v) is 18.2. The maximum Gasteiger partial charge on any atom is 0.133 e. The summed E-state index contributed by atoms with van der Waals surface area (Å²) in [7, 11) is 0. The summed E-state index contributed by atoms with van der Waals surface area (Å²) in [5, 5.41) is 10.2. The van der Waals surface area contributed by atoms with E-state index < -0.39 is 5.60 Å². The molecule has 4 rings (SSSR count). The van der Waals surface area contributed by atoms with Gasteiger partial charge >= 0.3 is 0 Å². The quantitative estimate of drug-likeness (QED) is 0.654. The Bertz CT molecular complexity index is 561. The highest BCUT2D eigenvalue weighted by atomic mass is 16.3. The third-order valence-corrected chi connectivity index (χ3v) is 9.74. The van der Waals surface area contributed by atoms with E-state index >= 15 is 0 Å². The Morgan fingerprint density at radius 2 is 1.85 bits per heavy atom. The first-order valence-corrected chi connectivity index (χ1v) is 11.9. The Balaban J connectivity index is 1.46. The van der Waals surface area contributed by atoms with Crippen molar-refractivity contribution in [1.29, 1.82) is 0 Å². The average Bonchev–Trinajstić information content (AvgIpc) is 2.96. The van der Waals surface area contributed by atoms with Crippen molar-refractivity contribution in [2.75, 3.05) is 0 Å². The van der Waals surface area contributed by atoms with Crippen molar-refractivity contribution in [3.8, 4) is 0 Å². The SMILES string of the molecule is CC(CCC(C)(C)O)C1CCC2C3CCC4CC(=O)CCC4C3CCC12C. The van der Waals surface area contributed by atoms with E-state index in [2.05, 4.69) is 13.8 Å². The highest BCUT2D eigenvalue weighted by Crippen LogP contribution is 2.65. The largest absolute Gasteiger partial charge is 0.390 e. The summed E-state index contributed by atoms with van der Waals surface area (Å²) < 4.78 is 0. The molecular formula is C25H42O2. The zero-order chi connectivity index (χ0) is 19.4. The molecule has 4 aliphatic carbocycles. The molecule has 154 valence electrons. The molecule has 0 aromatic heterocycles. The second-order valence-electron chi connectivity index (χ2n) is 11.8. The van der Waals surface area contributed by atoms with Crippen LogP contribution in [0.5, 0.6) is 0 Å². The molecule has 0 spiro atoms. The third-order valence-electron chi connectivity index (χ3n) is 9.74. The minimum absolute atomic E-state index is 0.525. The van der Waals surface area contributed by atoms with Gasteiger partial charge in [0.2, 0.25) is 0 Å². The molecule has 27 heavy (non-hydrogen) atoms. The van der Waals surface area contributed by atoms with E-state index in [4.69, 9.17) is 0 Å². The number of carbonyl (C=O) groups excluding carboxylic acids is 1. The molecule has 0 aliphatic heterocycles. The van der Waals surface area contributed by atoms with E-state index in [0.717, 1.165) is 67.1 Å². The Kier molecular flexibility index (Phi) is 5.28. The fourth-order valence-corrected chi connectivity index (χ4v) is 8.42. The molecule has 4 saturated carbocycles. The van der Waals surface area contributed by atoms with Gasteiger partial charge in [0.1, 0.15) is 5.78 Å². The lowest BCUT2D eigenvalue weighted by Crippen LogP contribution is -2.49. The number of Topliss-reactive ketones (excluding diaryl/α,β-unsaturated/α-hetero) is 1. The average molecular weight is 375 g/mol. The molecule has 0 bridgehead atoms. The van der Waals surface area contributed by atoms with Crippen LogP contribution >= 0.6 is 0 Å². The fourth-order valence-electron chi connectivity index (χ4n) is 8.42. The second-order valence-corrected chi connectivity index (χ2v) is 11.8. The molecule has 2 heteroatoms. The number of ketones is 1. The van der Waals surface area contributed by atoms with Crippen LogP contribution in [0.3, 0.4) is 0 Å². The first-order chi connectivity index (χ1) is 12.7. The van der Waals surface area contributed by atoms with Crippen molar-refractivity contribution < 1.29 is 9.90 Å². The molecule has 1 N–H and O–H groups in total. The van der Waals surface area contributed by atoms with E-state index in [1.54, 1.807) is 0 Å². The number of rotatable bonds is 4. The molecule has 0 saturated heterocycles. The monoisotopic (exact) mass is 374 g/mol. The number of fused-ring (bicyclic) bond motifs is 5. The molecule has 0 aromatic carbocycles. The lowest BCUT2D eigenvalue weighted by Gasteiger charge is -2.56. The molecule has 0 amide bonds. The minimum atomic E-state index is -0.526. The van der Waals surface area contributed by atoms with E-state index in [1.165, 1.54) is 44.9 Å². The van der Waals surface area contributed by atoms with E-state index in [0.29, 0.717) is 11.2 Å². The van der Waals surface area contributed by atoms with Crippen molar-refractivity contribution in [1.82, 2.24) is 0 Å². The Morgan fingerprint density at radius 1 is 1.07 bits per heavy atom. The summed E-state index contributed by atoms with van der Waals surface area (Å²) in [5.74, 6) is 6.46.